The van der Waals surface area contributed by atoms with Crippen molar-refractivity contribution in [2.75, 3.05) is 12.4 Å². The molecule has 128 valence electrons. The van der Waals surface area contributed by atoms with Crippen LogP contribution in [0.3, 0.4) is 0 Å². The number of hydrogen-bond acceptors (Lipinski definition) is 5. The predicted molar refractivity (Wildman–Crippen MR) is 102 cm³/mol. The third-order valence-electron chi connectivity index (χ3n) is 4.47. The van der Waals surface area contributed by atoms with Crippen LogP contribution < -0.4 is 10.1 Å². The van der Waals surface area contributed by atoms with Crippen LogP contribution in [0.1, 0.15) is 29.5 Å². The highest BCUT2D eigenvalue weighted by Gasteiger charge is 2.23. The Hall–Kier alpha value is -2.37. The summed E-state index contributed by atoms with van der Waals surface area (Å²) < 4.78 is 5.69. The number of methoxy groups -OCH3 is 1. The van der Waals surface area contributed by atoms with Gasteiger partial charge in [-0.25, -0.2) is 4.98 Å². The summed E-state index contributed by atoms with van der Waals surface area (Å²) in [4.78, 5) is 5.79. The molecule has 4 rings (SSSR count). The number of aliphatic hydroxyl groups excluding tert-OH is 1. The number of fused-ring (bicyclic) bond motifs is 1. The highest BCUT2D eigenvalue weighted by atomic mass is 32.1. The van der Waals surface area contributed by atoms with E-state index in [1.165, 1.54) is 4.88 Å². The second-order valence-electron chi connectivity index (χ2n) is 6.11. The van der Waals surface area contributed by atoms with E-state index in [1.807, 2.05) is 30.3 Å². The predicted octanol–water partition coefficient (Wildman–Crippen LogP) is 4.93. The number of rotatable bonds is 4. The third-order valence-corrected chi connectivity index (χ3v) is 5.52. The highest BCUT2D eigenvalue weighted by molar-refractivity contribution is 7.15. The van der Waals surface area contributed by atoms with Gasteiger partial charge in [0.25, 0.3) is 0 Å². The molecule has 1 aromatic heterocycles. The lowest BCUT2D eigenvalue weighted by Crippen LogP contribution is -2.07. The van der Waals surface area contributed by atoms with Gasteiger partial charge in [0.1, 0.15) is 5.75 Å². The molecule has 0 radical (unpaired) electrons. The largest absolute Gasteiger partial charge is 0.494 e. The summed E-state index contributed by atoms with van der Waals surface area (Å²) >= 11 is 1.62. The van der Waals surface area contributed by atoms with Gasteiger partial charge in [0.2, 0.25) is 0 Å². The zero-order valence-electron chi connectivity index (χ0n) is 14.0. The molecule has 4 nitrogen and oxygen atoms in total. The Bertz CT molecular complexity index is 877. The summed E-state index contributed by atoms with van der Waals surface area (Å²) in [5.41, 5.74) is 3.85. The van der Waals surface area contributed by atoms with E-state index >= 15 is 0 Å². The van der Waals surface area contributed by atoms with Crippen LogP contribution in [0.4, 0.5) is 10.8 Å². The van der Waals surface area contributed by atoms with Crippen molar-refractivity contribution in [1.29, 1.82) is 0 Å². The van der Waals surface area contributed by atoms with E-state index in [9.17, 15) is 5.11 Å². The fraction of sp³-hybridized carbons (Fsp3) is 0.250. The van der Waals surface area contributed by atoms with E-state index in [0.29, 0.717) is 0 Å². The maximum absolute atomic E-state index is 10.1. The molecule has 1 heterocycles. The van der Waals surface area contributed by atoms with Crippen LogP contribution >= 0.6 is 11.3 Å². The lowest BCUT2D eigenvalue weighted by atomic mass is 10.0. The van der Waals surface area contributed by atoms with Crippen molar-refractivity contribution in [2.24, 2.45) is 0 Å². The van der Waals surface area contributed by atoms with E-state index < -0.39 is 6.10 Å². The third kappa shape index (κ3) is 3.13. The summed E-state index contributed by atoms with van der Waals surface area (Å²) in [6.45, 7) is 0. The number of anilines is 2. The zero-order valence-corrected chi connectivity index (χ0v) is 14.8. The molecule has 1 atom stereocenters. The second-order valence-corrected chi connectivity index (χ2v) is 7.20. The number of aryl methyl sites for hydroxylation is 1. The van der Waals surface area contributed by atoms with Crippen molar-refractivity contribution in [3.8, 4) is 16.9 Å². The first-order chi connectivity index (χ1) is 12.3. The number of nitrogens with zero attached hydrogens (tertiary/aromatic N) is 1. The molecule has 5 heteroatoms. The Balaban J connectivity index is 1.69. The fourth-order valence-electron chi connectivity index (χ4n) is 3.26. The van der Waals surface area contributed by atoms with Crippen molar-refractivity contribution in [3.05, 3.63) is 59.1 Å². The fourth-order valence-corrected chi connectivity index (χ4v) is 4.34. The Kier molecular flexibility index (Phi) is 4.42. The molecule has 1 unspecified atom stereocenters. The van der Waals surface area contributed by atoms with E-state index in [-0.39, 0.29) is 0 Å². The summed E-state index contributed by atoms with van der Waals surface area (Å²) in [7, 11) is 1.68. The maximum atomic E-state index is 10.1. The average molecular weight is 352 g/mol. The van der Waals surface area contributed by atoms with E-state index in [2.05, 4.69) is 28.5 Å². The summed E-state index contributed by atoms with van der Waals surface area (Å²) in [5, 5.41) is 14.3. The number of benzene rings is 2. The van der Waals surface area contributed by atoms with E-state index in [4.69, 9.17) is 4.74 Å². The van der Waals surface area contributed by atoms with Crippen molar-refractivity contribution in [3.63, 3.8) is 0 Å². The second kappa shape index (κ2) is 6.86. The van der Waals surface area contributed by atoms with Gasteiger partial charge >= 0.3 is 0 Å². The molecule has 2 aromatic carbocycles. The van der Waals surface area contributed by atoms with Crippen molar-refractivity contribution >= 4 is 22.2 Å². The van der Waals surface area contributed by atoms with E-state index in [1.54, 1.807) is 18.4 Å². The number of hydrogen-bond donors (Lipinski definition) is 2. The molecular weight excluding hydrogens is 332 g/mol. The number of thiazole rings is 1. The number of ether oxygens (including phenoxy) is 1. The topological polar surface area (TPSA) is 54.4 Å². The zero-order chi connectivity index (χ0) is 17.2. The molecule has 0 bridgehead atoms. The monoisotopic (exact) mass is 352 g/mol. The lowest BCUT2D eigenvalue weighted by molar-refractivity contribution is 0.153. The molecule has 0 amide bonds. The first kappa shape index (κ1) is 16.1. The SMILES string of the molecule is COc1c(Nc2nc3c(s2)CCCC3O)cccc1-c1ccccc1. The number of nitrogens with one attached hydrogen (secondary N) is 1. The molecule has 1 aliphatic carbocycles. The summed E-state index contributed by atoms with van der Waals surface area (Å²) in [6, 6.07) is 16.2. The Morgan fingerprint density at radius 3 is 2.76 bits per heavy atom. The Labute approximate surface area is 151 Å². The van der Waals surface area contributed by atoms with E-state index in [0.717, 1.165) is 52.7 Å². The molecule has 0 fully saturated rings. The minimum absolute atomic E-state index is 0.437. The molecule has 1 aliphatic rings. The first-order valence-corrected chi connectivity index (χ1v) is 9.25. The van der Waals surface area contributed by atoms with Gasteiger partial charge in [0.05, 0.1) is 24.6 Å². The molecule has 0 saturated carbocycles. The molecule has 3 aromatic rings. The standard InChI is InChI=1S/C20H20N2O2S/c1-24-19-14(13-7-3-2-4-8-13)9-5-10-15(19)21-20-22-18-16(23)11-6-12-17(18)25-20/h2-5,7-10,16,23H,6,11-12H2,1H3,(H,21,22). The van der Waals surface area contributed by atoms with Gasteiger partial charge < -0.3 is 15.2 Å². The summed E-state index contributed by atoms with van der Waals surface area (Å²) in [6.07, 6.45) is 2.37. The van der Waals surface area contributed by atoms with Gasteiger partial charge in [-0.15, -0.1) is 11.3 Å². The van der Waals surface area contributed by atoms with Gasteiger partial charge in [-0.2, -0.15) is 0 Å². The molecular formula is C20H20N2O2S. The van der Waals surface area contributed by atoms with Crippen LogP contribution in [0.5, 0.6) is 5.75 Å². The van der Waals surface area contributed by atoms with Crippen LogP contribution in [0.25, 0.3) is 11.1 Å². The normalized spacial score (nSPS) is 16.3. The van der Waals surface area contributed by atoms with Crippen LogP contribution in [0.2, 0.25) is 0 Å². The van der Waals surface area contributed by atoms with Gasteiger partial charge in [0.15, 0.2) is 5.13 Å². The minimum atomic E-state index is -0.437. The van der Waals surface area contributed by atoms with Gasteiger partial charge in [0, 0.05) is 10.4 Å². The maximum Gasteiger partial charge on any atom is 0.187 e. The Morgan fingerprint density at radius 1 is 1.16 bits per heavy atom. The quantitative estimate of drug-likeness (QED) is 0.699. The van der Waals surface area contributed by atoms with Crippen LogP contribution in [0.15, 0.2) is 48.5 Å². The average Bonchev–Trinajstić information content (AvgIpc) is 3.06. The highest BCUT2D eigenvalue weighted by Crippen LogP contribution is 2.40. The molecule has 0 aliphatic heterocycles. The van der Waals surface area contributed by atoms with Crippen LogP contribution in [-0.2, 0) is 6.42 Å². The number of aliphatic hydroxyl groups is 1. The molecule has 0 spiro atoms. The van der Waals surface area contributed by atoms with Gasteiger partial charge in [-0.05, 0) is 30.9 Å². The minimum Gasteiger partial charge on any atom is -0.494 e. The lowest BCUT2D eigenvalue weighted by Gasteiger charge is -2.14. The smallest absolute Gasteiger partial charge is 0.187 e. The molecule has 2 N–H and O–H groups in total. The van der Waals surface area contributed by atoms with Gasteiger partial charge in [-0.3, -0.25) is 0 Å². The van der Waals surface area contributed by atoms with Crippen LogP contribution in [0, 0.1) is 0 Å². The van der Waals surface area contributed by atoms with Crippen molar-refractivity contribution < 1.29 is 9.84 Å². The van der Waals surface area contributed by atoms with Crippen molar-refractivity contribution in [2.45, 2.75) is 25.4 Å². The Morgan fingerprint density at radius 2 is 2.00 bits per heavy atom. The first-order valence-electron chi connectivity index (χ1n) is 8.43. The van der Waals surface area contributed by atoms with Gasteiger partial charge in [-0.1, -0.05) is 42.5 Å². The summed E-state index contributed by atoms with van der Waals surface area (Å²) in [5.74, 6) is 0.794. The number of para-hydroxylation sites is 1. The molecule has 0 saturated heterocycles. The van der Waals surface area contributed by atoms with Crippen molar-refractivity contribution in [1.82, 2.24) is 4.98 Å². The molecule has 25 heavy (non-hydrogen) atoms. The van der Waals surface area contributed by atoms with Crippen LogP contribution in [-0.4, -0.2) is 17.2 Å². The number of aromatic nitrogens is 1.